The van der Waals surface area contributed by atoms with Crippen LogP contribution in [0, 0.1) is 10.1 Å². The van der Waals surface area contributed by atoms with Gasteiger partial charge >= 0.3 is 0 Å². The Morgan fingerprint density at radius 1 is 1.50 bits per heavy atom. The van der Waals surface area contributed by atoms with Gasteiger partial charge in [-0.15, -0.1) is 0 Å². The van der Waals surface area contributed by atoms with E-state index in [1.54, 1.807) is 6.07 Å². The number of nitrogen functional groups attached to an aromatic ring is 1. The maximum Gasteiger partial charge on any atom is 0.293 e. The Labute approximate surface area is 85.8 Å². The number of hydrogen-bond donors (Lipinski definition) is 1. The van der Waals surface area contributed by atoms with Crippen LogP contribution in [0.3, 0.4) is 0 Å². The van der Waals surface area contributed by atoms with Gasteiger partial charge in [0.15, 0.2) is 0 Å². The minimum atomic E-state index is -0.493. The number of anilines is 1. The largest absolute Gasteiger partial charge is 0.393 e. The lowest BCUT2D eigenvalue weighted by molar-refractivity contribution is -0.383. The van der Waals surface area contributed by atoms with Gasteiger partial charge in [0.2, 0.25) is 0 Å². The SMILES string of the molecule is Nc1c(C2CC2)cc(Cl)cc1[N+](=O)[O-]. The number of hydrogen-bond acceptors (Lipinski definition) is 3. The van der Waals surface area contributed by atoms with Crippen molar-refractivity contribution in [2.24, 2.45) is 0 Å². The quantitative estimate of drug-likeness (QED) is 0.466. The van der Waals surface area contributed by atoms with Crippen molar-refractivity contribution in [2.75, 3.05) is 5.73 Å². The molecule has 2 rings (SSSR count). The summed E-state index contributed by atoms with van der Waals surface area (Å²) in [5, 5.41) is 11.0. The molecular weight excluding hydrogens is 204 g/mol. The zero-order valence-electron chi connectivity index (χ0n) is 7.37. The number of rotatable bonds is 2. The first kappa shape index (κ1) is 9.27. The number of nitrogens with two attached hydrogens (primary N) is 1. The smallest absolute Gasteiger partial charge is 0.293 e. The lowest BCUT2D eigenvalue weighted by atomic mass is 10.1. The second-order valence-electron chi connectivity index (χ2n) is 3.46. The molecule has 74 valence electrons. The van der Waals surface area contributed by atoms with Crippen LogP contribution in [0.2, 0.25) is 5.02 Å². The summed E-state index contributed by atoms with van der Waals surface area (Å²) in [5.41, 5.74) is 6.70. The number of nitrogens with zero attached hydrogens (tertiary/aromatic N) is 1. The van der Waals surface area contributed by atoms with E-state index in [0.717, 1.165) is 18.4 Å². The summed E-state index contributed by atoms with van der Waals surface area (Å²) in [5.74, 6) is 0.368. The standard InChI is InChI=1S/C9H9ClN2O2/c10-6-3-7(5-1-2-5)9(11)8(4-6)12(13)14/h3-5H,1-2,11H2. The normalized spacial score (nSPS) is 15.5. The lowest BCUT2D eigenvalue weighted by Crippen LogP contribution is -1.99. The van der Waals surface area contributed by atoms with Gasteiger partial charge in [-0.25, -0.2) is 0 Å². The fourth-order valence-electron chi connectivity index (χ4n) is 1.51. The molecule has 2 N–H and O–H groups in total. The van der Waals surface area contributed by atoms with Crippen molar-refractivity contribution in [1.29, 1.82) is 0 Å². The van der Waals surface area contributed by atoms with E-state index in [9.17, 15) is 10.1 Å². The minimum Gasteiger partial charge on any atom is -0.393 e. The molecular formula is C9H9ClN2O2. The summed E-state index contributed by atoms with van der Waals surface area (Å²) in [6, 6.07) is 3.02. The molecule has 1 aliphatic rings. The molecule has 0 atom stereocenters. The van der Waals surface area contributed by atoms with E-state index in [1.165, 1.54) is 6.07 Å². The van der Waals surface area contributed by atoms with Gasteiger partial charge in [-0.3, -0.25) is 10.1 Å². The first-order valence-electron chi connectivity index (χ1n) is 4.33. The molecule has 0 saturated heterocycles. The molecule has 0 bridgehead atoms. The van der Waals surface area contributed by atoms with Gasteiger partial charge in [0, 0.05) is 11.1 Å². The maximum absolute atomic E-state index is 10.6. The highest BCUT2D eigenvalue weighted by Gasteiger charge is 2.29. The number of nitro groups is 1. The van der Waals surface area contributed by atoms with Crippen LogP contribution >= 0.6 is 11.6 Å². The third-order valence-electron chi connectivity index (χ3n) is 2.37. The van der Waals surface area contributed by atoms with Crippen molar-refractivity contribution in [3.05, 3.63) is 32.8 Å². The number of benzene rings is 1. The average Bonchev–Trinajstić information content (AvgIpc) is 2.91. The molecule has 0 heterocycles. The molecule has 5 heteroatoms. The van der Waals surface area contributed by atoms with Crippen LogP contribution in [-0.2, 0) is 0 Å². The van der Waals surface area contributed by atoms with Crippen molar-refractivity contribution >= 4 is 23.0 Å². The number of nitro benzene ring substituents is 1. The van der Waals surface area contributed by atoms with Crippen molar-refractivity contribution in [2.45, 2.75) is 18.8 Å². The highest BCUT2D eigenvalue weighted by molar-refractivity contribution is 6.31. The molecule has 1 saturated carbocycles. The molecule has 0 radical (unpaired) electrons. The highest BCUT2D eigenvalue weighted by atomic mass is 35.5. The molecule has 14 heavy (non-hydrogen) atoms. The van der Waals surface area contributed by atoms with E-state index in [4.69, 9.17) is 17.3 Å². The molecule has 0 aliphatic heterocycles. The van der Waals surface area contributed by atoms with E-state index in [0.29, 0.717) is 10.9 Å². The molecule has 1 aromatic carbocycles. The summed E-state index contributed by atoms with van der Waals surface area (Å²) in [7, 11) is 0. The molecule has 1 fully saturated rings. The monoisotopic (exact) mass is 212 g/mol. The summed E-state index contributed by atoms with van der Waals surface area (Å²) in [6.07, 6.45) is 2.09. The van der Waals surface area contributed by atoms with E-state index in [2.05, 4.69) is 0 Å². The Hall–Kier alpha value is -1.29. The molecule has 0 spiro atoms. The third-order valence-corrected chi connectivity index (χ3v) is 2.59. The molecule has 0 unspecified atom stereocenters. The third kappa shape index (κ3) is 1.53. The predicted octanol–water partition coefficient (Wildman–Crippen LogP) is 2.71. The van der Waals surface area contributed by atoms with Crippen molar-refractivity contribution in [3.8, 4) is 0 Å². The maximum atomic E-state index is 10.6. The Kier molecular flexibility index (Phi) is 2.07. The van der Waals surface area contributed by atoms with Crippen LogP contribution in [0.15, 0.2) is 12.1 Å². The second kappa shape index (κ2) is 3.13. The summed E-state index contributed by atoms with van der Waals surface area (Å²) < 4.78 is 0. The highest BCUT2D eigenvalue weighted by Crippen LogP contribution is 2.46. The zero-order chi connectivity index (χ0) is 10.3. The van der Waals surface area contributed by atoms with Crippen molar-refractivity contribution in [1.82, 2.24) is 0 Å². The van der Waals surface area contributed by atoms with Gasteiger partial charge in [0.25, 0.3) is 5.69 Å². The van der Waals surface area contributed by atoms with Crippen LogP contribution in [0.4, 0.5) is 11.4 Å². The fraction of sp³-hybridized carbons (Fsp3) is 0.333. The summed E-state index contributed by atoms with van der Waals surface area (Å²) in [4.78, 5) is 10.1. The lowest BCUT2D eigenvalue weighted by Gasteiger charge is -2.05. The zero-order valence-corrected chi connectivity index (χ0v) is 8.12. The van der Waals surface area contributed by atoms with Crippen molar-refractivity contribution < 1.29 is 4.92 Å². The van der Waals surface area contributed by atoms with Gasteiger partial charge in [-0.2, -0.15) is 0 Å². The Balaban J connectivity index is 2.55. The number of halogens is 1. The van der Waals surface area contributed by atoms with Crippen LogP contribution in [0.5, 0.6) is 0 Å². The van der Waals surface area contributed by atoms with Crippen LogP contribution in [-0.4, -0.2) is 4.92 Å². The molecule has 0 amide bonds. The Bertz CT molecular complexity index is 402. The van der Waals surface area contributed by atoms with E-state index in [-0.39, 0.29) is 11.4 Å². The Morgan fingerprint density at radius 2 is 2.14 bits per heavy atom. The molecule has 1 aliphatic carbocycles. The van der Waals surface area contributed by atoms with E-state index < -0.39 is 4.92 Å². The van der Waals surface area contributed by atoms with Crippen molar-refractivity contribution in [3.63, 3.8) is 0 Å². The van der Waals surface area contributed by atoms with Crippen LogP contribution in [0.1, 0.15) is 24.3 Å². The fourth-order valence-corrected chi connectivity index (χ4v) is 1.73. The average molecular weight is 213 g/mol. The van der Waals surface area contributed by atoms with Gasteiger partial charge in [0.1, 0.15) is 5.69 Å². The molecule has 1 aromatic rings. The first-order chi connectivity index (χ1) is 6.59. The second-order valence-corrected chi connectivity index (χ2v) is 3.90. The predicted molar refractivity (Wildman–Crippen MR) is 54.5 cm³/mol. The minimum absolute atomic E-state index is 0.0839. The van der Waals surface area contributed by atoms with Gasteiger partial charge in [0.05, 0.1) is 4.92 Å². The van der Waals surface area contributed by atoms with Gasteiger partial charge in [-0.05, 0) is 30.4 Å². The first-order valence-corrected chi connectivity index (χ1v) is 4.70. The molecule has 4 nitrogen and oxygen atoms in total. The van der Waals surface area contributed by atoms with Gasteiger partial charge < -0.3 is 5.73 Å². The van der Waals surface area contributed by atoms with Crippen LogP contribution < -0.4 is 5.73 Å². The topological polar surface area (TPSA) is 69.2 Å². The Morgan fingerprint density at radius 3 is 2.64 bits per heavy atom. The summed E-state index contributed by atoms with van der Waals surface area (Å²) >= 11 is 5.78. The molecule has 0 aromatic heterocycles. The summed E-state index contributed by atoms with van der Waals surface area (Å²) in [6.45, 7) is 0. The van der Waals surface area contributed by atoms with Crippen LogP contribution in [0.25, 0.3) is 0 Å². The van der Waals surface area contributed by atoms with E-state index in [1.807, 2.05) is 0 Å². The van der Waals surface area contributed by atoms with E-state index >= 15 is 0 Å². The van der Waals surface area contributed by atoms with Gasteiger partial charge in [-0.1, -0.05) is 11.6 Å².